The maximum absolute atomic E-state index is 12.2. The van der Waals surface area contributed by atoms with E-state index in [0.717, 1.165) is 11.3 Å². The van der Waals surface area contributed by atoms with Gasteiger partial charge in [-0.3, -0.25) is 4.79 Å². The second-order valence-corrected chi connectivity index (χ2v) is 4.52. The van der Waals surface area contributed by atoms with Gasteiger partial charge in [-0.2, -0.15) is 9.78 Å². The third-order valence-corrected chi connectivity index (χ3v) is 3.18. The summed E-state index contributed by atoms with van der Waals surface area (Å²) in [6.07, 6.45) is 0. The van der Waals surface area contributed by atoms with E-state index in [1.165, 1.54) is 4.68 Å². The third-order valence-electron chi connectivity index (χ3n) is 2.93. The smallest absolute Gasteiger partial charge is 0.274 e. The van der Waals surface area contributed by atoms with Gasteiger partial charge in [0.15, 0.2) is 0 Å². The molecule has 0 radical (unpaired) electrons. The van der Waals surface area contributed by atoms with E-state index in [1.54, 1.807) is 31.2 Å². The van der Waals surface area contributed by atoms with Crippen LogP contribution in [0.5, 0.6) is 0 Å². The van der Waals surface area contributed by atoms with Crippen LogP contribution in [0.1, 0.15) is 16.8 Å². The Morgan fingerprint density at radius 3 is 2.44 bits per heavy atom. The Labute approximate surface area is 110 Å². The van der Waals surface area contributed by atoms with Gasteiger partial charge in [-0.05, 0) is 43.7 Å². The molecule has 1 aromatic carbocycles. The normalized spacial score (nSPS) is 10.7. The molecule has 0 saturated carbocycles. The van der Waals surface area contributed by atoms with Crippen LogP contribution in [0.15, 0.2) is 29.1 Å². The molecule has 0 bridgehead atoms. The molecule has 1 aromatic heterocycles. The van der Waals surface area contributed by atoms with Gasteiger partial charge in [-0.15, -0.1) is 0 Å². The van der Waals surface area contributed by atoms with Crippen molar-refractivity contribution in [3.8, 4) is 5.69 Å². The monoisotopic (exact) mass is 263 g/mol. The van der Waals surface area contributed by atoms with Crippen LogP contribution in [0.4, 0.5) is 0 Å². The molecule has 18 heavy (non-hydrogen) atoms. The van der Waals surface area contributed by atoms with Crippen LogP contribution < -0.4 is 11.3 Å². The fraction of sp³-hybridized carbons (Fsp3) is 0.231. The van der Waals surface area contributed by atoms with Crippen LogP contribution in [0, 0.1) is 13.8 Å². The summed E-state index contributed by atoms with van der Waals surface area (Å²) >= 11 is 5.82. The molecule has 1 heterocycles. The van der Waals surface area contributed by atoms with Crippen LogP contribution in [0.25, 0.3) is 5.69 Å². The molecular formula is C13H14ClN3O. The van der Waals surface area contributed by atoms with Gasteiger partial charge in [0, 0.05) is 17.1 Å². The number of nitrogens with two attached hydrogens (primary N) is 1. The summed E-state index contributed by atoms with van der Waals surface area (Å²) in [6.45, 7) is 3.94. The lowest BCUT2D eigenvalue weighted by Crippen LogP contribution is -2.27. The van der Waals surface area contributed by atoms with E-state index in [9.17, 15) is 4.79 Å². The SMILES string of the molecule is Cc1nn(-c2ccc(Cl)cc2)c(=O)c(C)c1CN. The highest BCUT2D eigenvalue weighted by atomic mass is 35.5. The highest BCUT2D eigenvalue weighted by Crippen LogP contribution is 2.13. The summed E-state index contributed by atoms with van der Waals surface area (Å²) in [5.74, 6) is 0. The van der Waals surface area contributed by atoms with E-state index < -0.39 is 0 Å². The van der Waals surface area contributed by atoms with Gasteiger partial charge in [0.05, 0.1) is 11.4 Å². The van der Waals surface area contributed by atoms with E-state index in [-0.39, 0.29) is 5.56 Å². The molecule has 94 valence electrons. The molecular weight excluding hydrogens is 250 g/mol. The lowest BCUT2D eigenvalue weighted by atomic mass is 10.1. The lowest BCUT2D eigenvalue weighted by molar-refractivity contribution is 0.755. The Kier molecular flexibility index (Phi) is 3.50. The predicted octanol–water partition coefficient (Wildman–Crippen LogP) is 1.96. The Balaban J connectivity index is 2.66. The fourth-order valence-electron chi connectivity index (χ4n) is 1.87. The average molecular weight is 264 g/mol. The predicted molar refractivity (Wildman–Crippen MR) is 72.2 cm³/mol. The largest absolute Gasteiger partial charge is 0.326 e. The van der Waals surface area contributed by atoms with Crippen molar-refractivity contribution in [3.63, 3.8) is 0 Å². The van der Waals surface area contributed by atoms with Crippen LogP contribution in [-0.4, -0.2) is 9.78 Å². The first kappa shape index (κ1) is 12.8. The van der Waals surface area contributed by atoms with Crippen molar-refractivity contribution >= 4 is 11.6 Å². The number of hydrogen-bond acceptors (Lipinski definition) is 3. The molecule has 0 aliphatic carbocycles. The van der Waals surface area contributed by atoms with Crippen molar-refractivity contribution in [2.24, 2.45) is 5.73 Å². The molecule has 0 saturated heterocycles. The van der Waals surface area contributed by atoms with Gasteiger partial charge >= 0.3 is 0 Å². The van der Waals surface area contributed by atoms with E-state index in [4.69, 9.17) is 17.3 Å². The van der Waals surface area contributed by atoms with Crippen molar-refractivity contribution in [1.29, 1.82) is 0 Å². The molecule has 5 heteroatoms. The third kappa shape index (κ3) is 2.17. The quantitative estimate of drug-likeness (QED) is 0.901. The first-order valence-corrected chi connectivity index (χ1v) is 5.98. The van der Waals surface area contributed by atoms with Gasteiger partial charge in [0.25, 0.3) is 5.56 Å². The fourth-order valence-corrected chi connectivity index (χ4v) is 2.00. The molecule has 0 unspecified atom stereocenters. The van der Waals surface area contributed by atoms with Crippen molar-refractivity contribution in [3.05, 3.63) is 56.5 Å². The molecule has 0 spiro atoms. The van der Waals surface area contributed by atoms with Gasteiger partial charge < -0.3 is 5.73 Å². The topological polar surface area (TPSA) is 60.9 Å². The Morgan fingerprint density at radius 2 is 1.89 bits per heavy atom. The van der Waals surface area contributed by atoms with E-state index in [1.807, 2.05) is 6.92 Å². The zero-order chi connectivity index (χ0) is 13.3. The lowest BCUT2D eigenvalue weighted by Gasteiger charge is -2.11. The summed E-state index contributed by atoms with van der Waals surface area (Å²) in [6, 6.07) is 6.98. The summed E-state index contributed by atoms with van der Waals surface area (Å²) in [5, 5.41) is 4.91. The van der Waals surface area contributed by atoms with Gasteiger partial charge in [-0.25, -0.2) is 0 Å². The summed E-state index contributed by atoms with van der Waals surface area (Å²) in [5.41, 5.74) is 8.38. The second-order valence-electron chi connectivity index (χ2n) is 4.09. The molecule has 0 amide bonds. The number of halogens is 1. The van der Waals surface area contributed by atoms with Crippen molar-refractivity contribution in [2.45, 2.75) is 20.4 Å². The maximum Gasteiger partial charge on any atom is 0.274 e. The van der Waals surface area contributed by atoms with Crippen LogP contribution in [0.2, 0.25) is 5.02 Å². The van der Waals surface area contributed by atoms with Crippen LogP contribution in [0.3, 0.4) is 0 Å². The summed E-state index contributed by atoms with van der Waals surface area (Å²) in [7, 11) is 0. The number of nitrogens with zero attached hydrogens (tertiary/aromatic N) is 2. The first-order chi connectivity index (χ1) is 8.54. The highest BCUT2D eigenvalue weighted by Gasteiger charge is 2.11. The molecule has 2 rings (SSSR count). The minimum atomic E-state index is -0.150. The standard InChI is InChI=1S/C13H14ClN3O/c1-8-12(7-15)9(2)16-17(13(8)18)11-5-3-10(14)4-6-11/h3-6H,7,15H2,1-2H3. The first-order valence-electron chi connectivity index (χ1n) is 5.60. The minimum Gasteiger partial charge on any atom is -0.326 e. The van der Waals surface area contributed by atoms with E-state index >= 15 is 0 Å². The molecule has 2 aromatic rings. The number of rotatable bonds is 2. The zero-order valence-electron chi connectivity index (χ0n) is 10.3. The zero-order valence-corrected chi connectivity index (χ0v) is 11.0. The number of aryl methyl sites for hydroxylation is 1. The Bertz CT molecular complexity index is 632. The Morgan fingerprint density at radius 1 is 1.28 bits per heavy atom. The number of benzene rings is 1. The molecule has 0 fully saturated rings. The summed E-state index contributed by atoms with van der Waals surface area (Å²) in [4.78, 5) is 12.2. The van der Waals surface area contributed by atoms with Crippen molar-refractivity contribution in [1.82, 2.24) is 9.78 Å². The maximum atomic E-state index is 12.2. The van der Waals surface area contributed by atoms with Gasteiger partial charge in [-0.1, -0.05) is 11.6 Å². The average Bonchev–Trinajstić information content (AvgIpc) is 2.36. The van der Waals surface area contributed by atoms with Crippen LogP contribution in [-0.2, 0) is 6.54 Å². The molecule has 4 nitrogen and oxygen atoms in total. The number of aromatic nitrogens is 2. The molecule has 2 N–H and O–H groups in total. The van der Waals surface area contributed by atoms with Crippen molar-refractivity contribution in [2.75, 3.05) is 0 Å². The van der Waals surface area contributed by atoms with Crippen molar-refractivity contribution < 1.29 is 0 Å². The number of hydrogen-bond donors (Lipinski definition) is 1. The highest BCUT2D eigenvalue weighted by molar-refractivity contribution is 6.30. The van der Waals surface area contributed by atoms with E-state index in [2.05, 4.69) is 5.10 Å². The van der Waals surface area contributed by atoms with Gasteiger partial charge in [0.2, 0.25) is 0 Å². The second kappa shape index (κ2) is 4.92. The molecule has 0 atom stereocenters. The molecule has 0 aliphatic rings. The van der Waals surface area contributed by atoms with Gasteiger partial charge in [0.1, 0.15) is 0 Å². The minimum absolute atomic E-state index is 0.150. The van der Waals surface area contributed by atoms with Crippen LogP contribution >= 0.6 is 11.6 Å². The molecule has 0 aliphatic heterocycles. The summed E-state index contributed by atoms with van der Waals surface area (Å²) < 4.78 is 1.38. The Hall–Kier alpha value is -1.65. The van der Waals surface area contributed by atoms with E-state index in [0.29, 0.717) is 22.8 Å².